The second-order valence-corrected chi connectivity index (χ2v) is 6.55. The average Bonchev–Trinajstić information content (AvgIpc) is 3.05. The molecule has 0 aliphatic heterocycles. The minimum absolute atomic E-state index is 0.117. The lowest BCUT2D eigenvalue weighted by Gasteiger charge is -2.14. The number of nitrogens with zero attached hydrogens (tertiary/aromatic N) is 1. The number of hydrogen-bond donors (Lipinski definition) is 4. The Hall–Kier alpha value is -3.01. The molecule has 2 aromatic rings. The fraction of sp³-hybridized carbons (Fsp3) is 0.294. The van der Waals surface area contributed by atoms with Crippen molar-refractivity contribution < 1.29 is 23.9 Å². The van der Waals surface area contributed by atoms with Crippen LogP contribution in [0.5, 0.6) is 0 Å². The maximum absolute atomic E-state index is 13.8. The summed E-state index contributed by atoms with van der Waals surface area (Å²) in [6, 6.07) is 4.41. The van der Waals surface area contributed by atoms with E-state index in [2.05, 4.69) is 15.6 Å². The van der Waals surface area contributed by atoms with Gasteiger partial charge in [-0.15, -0.1) is 11.3 Å². The molecule has 1 aromatic carbocycles. The number of aliphatic carboxylic acids is 1. The predicted octanol–water partition coefficient (Wildman–Crippen LogP) is 1.51. The van der Waals surface area contributed by atoms with E-state index in [-0.39, 0.29) is 19.4 Å². The van der Waals surface area contributed by atoms with Gasteiger partial charge < -0.3 is 21.5 Å². The minimum atomic E-state index is -1.17. The quantitative estimate of drug-likeness (QED) is 0.478. The highest BCUT2D eigenvalue weighted by molar-refractivity contribution is 7.13. The standard InChI is InChI=1S/C17H19FN4O4S/c18-12-5-2-1-4-11(12)15-21-10(9-27-15)8-14(23)22-13(16(24)25)6-3-7-20-17(19)26/h1-2,4-5,9,13H,3,6-8H2,(H,22,23)(H,24,25)(H3,19,20,26)/t13-/m1/s1. The Labute approximate surface area is 158 Å². The van der Waals surface area contributed by atoms with Gasteiger partial charge in [0.15, 0.2) is 0 Å². The van der Waals surface area contributed by atoms with Gasteiger partial charge in [-0.1, -0.05) is 12.1 Å². The van der Waals surface area contributed by atoms with Gasteiger partial charge in [-0.3, -0.25) is 4.79 Å². The molecule has 0 radical (unpaired) electrons. The number of rotatable bonds is 9. The summed E-state index contributed by atoms with van der Waals surface area (Å²) in [6.45, 7) is 0.215. The van der Waals surface area contributed by atoms with Gasteiger partial charge in [0.2, 0.25) is 5.91 Å². The van der Waals surface area contributed by atoms with E-state index in [0.717, 1.165) is 0 Å². The van der Waals surface area contributed by atoms with Crippen molar-refractivity contribution >= 4 is 29.2 Å². The van der Waals surface area contributed by atoms with Crippen molar-refractivity contribution in [2.45, 2.75) is 25.3 Å². The molecule has 1 aromatic heterocycles. The van der Waals surface area contributed by atoms with Crippen molar-refractivity contribution in [3.8, 4) is 10.6 Å². The highest BCUT2D eigenvalue weighted by Crippen LogP contribution is 2.26. The number of carboxylic acid groups (broad SMARTS) is 1. The number of primary amides is 1. The maximum atomic E-state index is 13.8. The lowest BCUT2D eigenvalue weighted by molar-refractivity contribution is -0.141. The third-order valence-electron chi connectivity index (χ3n) is 3.60. The van der Waals surface area contributed by atoms with Gasteiger partial charge in [-0.2, -0.15) is 0 Å². The van der Waals surface area contributed by atoms with E-state index in [1.807, 2.05) is 0 Å². The number of carbonyl (C=O) groups is 3. The largest absolute Gasteiger partial charge is 0.480 e. The van der Waals surface area contributed by atoms with E-state index in [9.17, 15) is 23.9 Å². The third-order valence-corrected chi connectivity index (χ3v) is 4.52. The number of hydrogen-bond acceptors (Lipinski definition) is 5. The highest BCUT2D eigenvalue weighted by atomic mass is 32.1. The zero-order chi connectivity index (χ0) is 19.8. The molecule has 10 heteroatoms. The molecular formula is C17H19FN4O4S. The molecule has 0 aliphatic carbocycles. The Balaban J connectivity index is 1.91. The van der Waals surface area contributed by atoms with E-state index in [1.54, 1.807) is 23.6 Å². The third kappa shape index (κ3) is 6.33. The van der Waals surface area contributed by atoms with Crippen LogP contribution in [0.25, 0.3) is 10.6 Å². The van der Waals surface area contributed by atoms with Crippen molar-refractivity contribution in [2.75, 3.05) is 6.54 Å². The molecule has 27 heavy (non-hydrogen) atoms. The second kappa shape index (κ2) is 9.62. The van der Waals surface area contributed by atoms with Crippen LogP contribution in [-0.4, -0.2) is 40.6 Å². The van der Waals surface area contributed by atoms with Crippen molar-refractivity contribution in [3.63, 3.8) is 0 Å². The molecule has 1 heterocycles. The van der Waals surface area contributed by atoms with Gasteiger partial charge >= 0.3 is 12.0 Å². The van der Waals surface area contributed by atoms with Gasteiger partial charge in [-0.25, -0.2) is 19.0 Å². The number of carbonyl (C=O) groups excluding carboxylic acids is 2. The van der Waals surface area contributed by atoms with Crippen molar-refractivity contribution in [2.24, 2.45) is 5.73 Å². The maximum Gasteiger partial charge on any atom is 0.326 e. The number of aromatic nitrogens is 1. The normalized spacial score (nSPS) is 11.6. The van der Waals surface area contributed by atoms with Gasteiger partial charge in [0, 0.05) is 17.5 Å². The van der Waals surface area contributed by atoms with Gasteiger partial charge in [0.25, 0.3) is 0 Å². The average molecular weight is 394 g/mol. The van der Waals surface area contributed by atoms with E-state index in [1.165, 1.54) is 17.4 Å². The summed E-state index contributed by atoms with van der Waals surface area (Å²) in [7, 11) is 0. The molecule has 1 atom stereocenters. The molecular weight excluding hydrogens is 375 g/mol. The summed E-state index contributed by atoms with van der Waals surface area (Å²) < 4.78 is 13.8. The summed E-state index contributed by atoms with van der Waals surface area (Å²) in [5.41, 5.74) is 5.70. The number of nitrogens with two attached hydrogens (primary N) is 1. The predicted molar refractivity (Wildman–Crippen MR) is 97.6 cm³/mol. The minimum Gasteiger partial charge on any atom is -0.480 e. The first-order valence-electron chi connectivity index (χ1n) is 8.11. The Morgan fingerprint density at radius 2 is 2.04 bits per heavy atom. The molecule has 3 amide bonds. The van der Waals surface area contributed by atoms with E-state index in [4.69, 9.17) is 5.73 Å². The van der Waals surface area contributed by atoms with Crippen LogP contribution in [0.1, 0.15) is 18.5 Å². The Bertz CT molecular complexity index is 827. The number of amides is 3. The number of thiazole rings is 1. The number of benzene rings is 1. The number of nitrogens with one attached hydrogen (secondary N) is 2. The smallest absolute Gasteiger partial charge is 0.326 e. The van der Waals surface area contributed by atoms with Crippen molar-refractivity contribution in [3.05, 3.63) is 41.2 Å². The summed E-state index contributed by atoms with van der Waals surface area (Å²) in [6.07, 6.45) is 0.363. The molecule has 0 fully saturated rings. The van der Waals surface area contributed by atoms with Gasteiger partial charge in [0.05, 0.1) is 12.1 Å². The highest BCUT2D eigenvalue weighted by Gasteiger charge is 2.20. The number of urea groups is 1. The van der Waals surface area contributed by atoms with Crippen molar-refractivity contribution in [1.82, 2.24) is 15.6 Å². The molecule has 0 bridgehead atoms. The lowest BCUT2D eigenvalue weighted by Crippen LogP contribution is -2.42. The number of halogens is 1. The van der Waals surface area contributed by atoms with Crippen LogP contribution in [0.4, 0.5) is 9.18 Å². The topological polar surface area (TPSA) is 134 Å². The van der Waals surface area contributed by atoms with Crippen molar-refractivity contribution in [1.29, 1.82) is 0 Å². The summed E-state index contributed by atoms with van der Waals surface area (Å²) in [4.78, 5) is 38.2. The first-order valence-corrected chi connectivity index (χ1v) is 8.99. The second-order valence-electron chi connectivity index (χ2n) is 5.69. The van der Waals surface area contributed by atoms with Crippen LogP contribution in [0, 0.1) is 5.82 Å². The molecule has 8 nitrogen and oxygen atoms in total. The number of carboxylic acids is 1. The van der Waals surface area contributed by atoms with Crippen LogP contribution in [0.3, 0.4) is 0 Å². The fourth-order valence-corrected chi connectivity index (χ4v) is 3.18. The SMILES string of the molecule is NC(=O)NCCC[C@@H](NC(=O)Cc1csc(-c2ccccc2F)n1)C(=O)O. The Morgan fingerprint density at radius 1 is 1.30 bits per heavy atom. The van der Waals surface area contributed by atoms with E-state index >= 15 is 0 Å². The van der Waals surface area contributed by atoms with Gasteiger partial charge in [-0.05, 0) is 25.0 Å². The van der Waals surface area contributed by atoms with Crippen LogP contribution in [0.2, 0.25) is 0 Å². The molecule has 5 N–H and O–H groups in total. The summed E-state index contributed by atoms with van der Waals surface area (Å²) >= 11 is 1.20. The zero-order valence-electron chi connectivity index (χ0n) is 14.3. The summed E-state index contributed by atoms with van der Waals surface area (Å²) in [5, 5.41) is 16.0. The Morgan fingerprint density at radius 3 is 2.70 bits per heavy atom. The zero-order valence-corrected chi connectivity index (χ0v) is 15.1. The molecule has 0 unspecified atom stereocenters. The lowest BCUT2D eigenvalue weighted by atomic mass is 10.1. The molecule has 2 rings (SSSR count). The molecule has 0 saturated carbocycles. The Kier molecular flexibility index (Phi) is 7.24. The van der Waals surface area contributed by atoms with E-state index < -0.39 is 29.8 Å². The van der Waals surface area contributed by atoms with Crippen LogP contribution >= 0.6 is 11.3 Å². The molecule has 0 saturated heterocycles. The molecule has 144 valence electrons. The first kappa shape index (κ1) is 20.3. The van der Waals surface area contributed by atoms with Gasteiger partial charge in [0.1, 0.15) is 16.9 Å². The van der Waals surface area contributed by atoms with Crippen LogP contribution in [-0.2, 0) is 16.0 Å². The molecule has 0 aliphatic rings. The summed E-state index contributed by atoms with van der Waals surface area (Å²) in [5.74, 6) is -2.08. The monoisotopic (exact) mass is 394 g/mol. The van der Waals surface area contributed by atoms with Crippen LogP contribution in [0.15, 0.2) is 29.6 Å². The molecule has 0 spiro atoms. The van der Waals surface area contributed by atoms with E-state index in [0.29, 0.717) is 22.7 Å². The first-order chi connectivity index (χ1) is 12.9. The fourth-order valence-electron chi connectivity index (χ4n) is 2.33. The van der Waals surface area contributed by atoms with Crippen LogP contribution < -0.4 is 16.4 Å².